The summed E-state index contributed by atoms with van der Waals surface area (Å²) >= 11 is 0. The highest BCUT2D eigenvalue weighted by molar-refractivity contribution is 5.91. The Hall–Kier alpha value is -3.81. The molecule has 1 saturated heterocycles. The van der Waals surface area contributed by atoms with Gasteiger partial charge >= 0.3 is 6.03 Å². The van der Waals surface area contributed by atoms with Gasteiger partial charge < -0.3 is 24.3 Å². The number of hydrogen-bond acceptors (Lipinski definition) is 4. The van der Waals surface area contributed by atoms with Crippen molar-refractivity contribution in [2.75, 3.05) is 43.5 Å². The number of amides is 2. The Balaban J connectivity index is 1.38. The monoisotopic (exact) mass is 433 g/mol. The second kappa shape index (κ2) is 8.37. The van der Waals surface area contributed by atoms with Gasteiger partial charge in [0.05, 0.1) is 29.3 Å². The molecule has 2 aromatic carbocycles. The molecule has 32 heavy (non-hydrogen) atoms. The van der Waals surface area contributed by atoms with E-state index in [0.717, 1.165) is 29.8 Å². The minimum atomic E-state index is -0.308. The van der Waals surface area contributed by atoms with Crippen molar-refractivity contribution in [2.24, 2.45) is 0 Å². The van der Waals surface area contributed by atoms with Crippen LogP contribution in [0.3, 0.4) is 0 Å². The predicted molar refractivity (Wildman–Crippen MR) is 123 cm³/mol. The zero-order valence-corrected chi connectivity index (χ0v) is 17.8. The molecule has 0 aliphatic carbocycles. The standard InChI is InChI=1S/C24H24FN5O2/c1-32-22-8-3-2-6-18(22)27-24(31)29-12-5-11-28(14-15-29)23-21-7-4-13-30(21)20-10-9-17(25)16-19(20)26-23/h2-4,6-10,13,16H,5,11-12,14-15H2,1H3,(H,27,31). The van der Waals surface area contributed by atoms with Crippen LogP contribution in [0.1, 0.15) is 6.42 Å². The molecule has 1 N–H and O–H groups in total. The van der Waals surface area contributed by atoms with Gasteiger partial charge in [-0.2, -0.15) is 0 Å². The van der Waals surface area contributed by atoms with Crippen LogP contribution >= 0.6 is 0 Å². The smallest absolute Gasteiger partial charge is 0.322 e. The summed E-state index contributed by atoms with van der Waals surface area (Å²) in [5, 5.41) is 2.95. The van der Waals surface area contributed by atoms with Crippen molar-refractivity contribution in [1.29, 1.82) is 0 Å². The molecule has 2 aromatic heterocycles. The number of urea groups is 1. The molecule has 2 amide bonds. The molecule has 0 radical (unpaired) electrons. The van der Waals surface area contributed by atoms with Crippen LogP contribution in [0, 0.1) is 5.82 Å². The fourth-order valence-electron chi connectivity index (χ4n) is 4.24. The van der Waals surface area contributed by atoms with Gasteiger partial charge in [-0.05, 0) is 42.8 Å². The van der Waals surface area contributed by atoms with E-state index in [1.165, 1.54) is 12.1 Å². The first-order valence-corrected chi connectivity index (χ1v) is 10.6. The Morgan fingerprint density at radius 2 is 1.91 bits per heavy atom. The fourth-order valence-corrected chi connectivity index (χ4v) is 4.24. The molecular formula is C24H24FN5O2. The number of para-hydroxylation sites is 2. The average molecular weight is 433 g/mol. The molecule has 3 heterocycles. The van der Waals surface area contributed by atoms with Crippen molar-refractivity contribution in [3.8, 4) is 5.75 Å². The van der Waals surface area contributed by atoms with Crippen LogP contribution in [-0.4, -0.2) is 53.6 Å². The van der Waals surface area contributed by atoms with Crippen LogP contribution in [0.15, 0.2) is 60.8 Å². The van der Waals surface area contributed by atoms with Crippen molar-refractivity contribution >= 4 is 34.1 Å². The van der Waals surface area contributed by atoms with Crippen molar-refractivity contribution in [3.05, 3.63) is 66.6 Å². The first-order valence-electron chi connectivity index (χ1n) is 10.6. The molecule has 7 nitrogen and oxygen atoms in total. The van der Waals surface area contributed by atoms with E-state index in [4.69, 9.17) is 9.72 Å². The van der Waals surface area contributed by atoms with Gasteiger partial charge in [0.25, 0.3) is 0 Å². The number of benzene rings is 2. The Kier molecular flexibility index (Phi) is 5.26. The van der Waals surface area contributed by atoms with E-state index in [2.05, 4.69) is 10.2 Å². The lowest BCUT2D eigenvalue weighted by Crippen LogP contribution is -2.38. The van der Waals surface area contributed by atoms with Crippen LogP contribution in [0.4, 0.5) is 20.7 Å². The summed E-state index contributed by atoms with van der Waals surface area (Å²) in [6.07, 6.45) is 2.76. The maximum Gasteiger partial charge on any atom is 0.322 e. The summed E-state index contributed by atoms with van der Waals surface area (Å²) in [6, 6.07) is 15.9. The zero-order valence-electron chi connectivity index (χ0n) is 17.8. The number of rotatable bonds is 3. The normalized spacial score (nSPS) is 14.6. The van der Waals surface area contributed by atoms with Crippen LogP contribution < -0.4 is 15.0 Å². The molecule has 0 bridgehead atoms. The molecule has 0 saturated carbocycles. The number of carbonyl (C=O) groups is 1. The van der Waals surface area contributed by atoms with E-state index in [0.29, 0.717) is 36.6 Å². The van der Waals surface area contributed by atoms with E-state index >= 15 is 0 Å². The van der Waals surface area contributed by atoms with E-state index in [-0.39, 0.29) is 11.8 Å². The molecule has 0 atom stereocenters. The molecule has 164 valence electrons. The lowest BCUT2D eigenvalue weighted by molar-refractivity contribution is 0.215. The number of nitrogens with zero attached hydrogens (tertiary/aromatic N) is 4. The lowest BCUT2D eigenvalue weighted by Gasteiger charge is -2.24. The molecule has 0 spiro atoms. The fraction of sp³-hybridized carbons (Fsp3) is 0.250. The van der Waals surface area contributed by atoms with Gasteiger partial charge in [0, 0.05) is 38.4 Å². The number of halogens is 1. The second-order valence-corrected chi connectivity index (χ2v) is 7.79. The summed E-state index contributed by atoms with van der Waals surface area (Å²) in [5.74, 6) is 1.12. The number of aromatic nitrogens is 2. The van der Waals surface area contributed by atoms with E-state index < -0.39 is 0 Å². The molecule has 5 rings (SSSR count). The Morgan fingerprint density at radius 1 is 1.03 bits per heavy atom. The number of nitrogens with one attached hydrogen (secondary N) is 1. The van der Waals surface area contributed by atoms with Gasteiger partial charge in [-0.25, -0.2) is 14.2 Å². The molecule has 8 heteroatoms. The van der Waals surface area contributed by atoms with Gasteiger partial charge in [-0.3, -0.25) is 0 Å². The summed E-state index contributed by atoms with van der Waals surface area (Å²) in [6.45, 7) is 2.58. The van der Waals surface area contributed by atoms with Gasteiger partial charge in [-0.1, -0.05) is 12.1 Å². The Bertz CT molecular complexity index is 1290. The van der Waals surface area contributed by atoms with Gasteiger partial charge in [0.1, 0.15) is 11.6 Å². The van der Waals surface area contributed by atoms with Crippen molar-refractivity contribution in [3.63, 3.8) is 0 Å². The third kappa shape index (κ3) is 3.68. The number of ether oxygens (including phenoxy) is 1. The summed E-state index contributed by atoms with van der Waals surface area (Å²) in [4.78, 5) is 21.7. The molecule has 1 aliphatic heterocycles. The number of carbonyl (C=O) groups excluding carboxylic acids is 1. The molecule has 1 fully saturated rings. The Labute approximate surface area is 185 Å². The van der Waals surface area contributed by atoms with Gasteiger partial charge in [0.2, 0.25) is 0 Å². The van der Waals surface area contributed by atoms with Gasteiger partial charge in [0.15, 0.2) is 5.82 Å². The largest absolute Gasteiger partial charge is 0.495 e. The third-order valence-electron chi connectivity index (χ3n) is 5.83. The summed E-state index contributed by atoms with van der Waals surface area (Å²) in [5.41, 5.74) is 3.09. The summed E-state index contributed by atoms with van der Waals surface area (Å²) in [7, 11) is 1.58. The zero-order chi connectivity index (χ0) is 22.1. The van der Waals surface area contributed by atoms with Crippen molar-refractivity contribution in [2.45, 2.75) is 6.42 Å². The van der Waals surface area contributed by atoms with Crippen molar-refractivity contribution < 1.29 is 13.9 Å². The summed E-state index contributed by atoms with van der Waals surface area (Å²) < 4.78 is 21.2. The number of fused-ring (bicyclic) bond motifs is 3. The molecule has 4 aromatic rings. The van der Waals surface area contributed by atoms with Gasteiger partial charge in [-0.15, -0.1) is 0 Å². The number of anilines is 2. The highest BCUT2D eigenvalue weighted by Gasteiger charge is 2.22. The highest BCUT2D eigenvalue weighted by atomic mass is 19.1. The van der Waals surface area contributed by atoms with Crippen LogP contribution in [0.5, 0.6) is 5.75 Å². The quantitative estimate of drug-likeness (QED) is 0.521. The minimum absolute atomic E-state index is 0.155. The highest BCUT2D eigenvalue weighted by Crippen LogP contribution is 2.27. The third-order valence-corrected chi connectivity index (χ3v) is 5.83. The van der Waals surface area contributed by atoms with Crippen LogP contribution in [-0.2, 0) is 0 Å². The first kappa shape index (κ1) is 20.1. The second-order valence-electron chi connectivity index (χ2n) is 7.79. The lowest BCUT2D eigenvalue weighted by atomic mass is 10.2. The predicted octanol–water partition coefficient (Wildman–Crippen LogP) is 4.38. The van der Waals surface area contributed by atoms with E-state index in [1.807, 2.05) is 51.9 Å². The molecule has 0 unspecified atom stereocenters. The SMILES string of the molecule is COc1ccccc1NC(=O)N1CCCN(c2nc3cc(F)ccc3n3cccc23)CC1. The minimum Gasteiger partial charge on any atom is -0.495 e. The Morgan fingerprint density at radius 3 is 2.78 bits per heavy atom. The van der Waals surface area contributed by atoms with E-state index in [1.54, 1.807) is 13.2 Å². The molecular weight excluding hydrogens is 409 g/mol. The van der Waals surface area contributed by atoms with Crippen molar-refractivity contribution in [1.82, 2.24) is 14.3 Å². The molecule has 1 aliphatic rings. The number of hydrogen-bond donors (Lipinski definition) is 1. The maximum absolute atomic E-state index is 13.9. The maximum atomic E-state index is 13.9. The average Bonchev–Trinajstić information content (AvgIpc) is 3.16. The first-order chi connectivity index (χ1) is 15.6. The van der Waals surface area contributed by atoms with Crippen LogP contribution in [0.25, 0.3) is 16.6 Å². The van der Waals surface area contributed by atoms with Crippen LogP contribution in [0.2, 0.25) is 0 Å². The van der Waals surface area contributed by atoms with E-state index in [9.17, 15) is 9.18 Å². The topological polar surface area (TPSA) is 62.1 Å². The number of methoxy groups -OCH3 is 1.